The van der Waals surface area contributed by atoms with Gasteiger partial charge >= 0.3 is 0 Å². The first-order valence-corrected chi connectivity index (χ1v) is 5.88. The Morgan fingerprint density at radius 2 is 2.50 bits per heavy atom. The van der Waals surface area contributed by atoms with E-state index < -0.39 is 0 Å². The van der Waals surface area contributed by atoms with Gasteiger partial charge in [-0.2, -0.15) is 0 Å². The van der Waals surface area contributed by atoms with Crippen molar-refractivity contribution in [2.45, 2.75) is 32.7 Å². The number of thiazole rings is 1. The molecule has 2 rings (SSSR count). The van der Waals surface area contributed by atoms with Crippen LogP contribution in [0.2, 0.25) is 0 Å². The lowest BCUT2D eigenvalue weighted by atomic mass is 10.2. The number of hydrogen-bond donors (Lipinski definition) is 1. The Morgan fingerprint density at radius 1 is 1.71 bits per heavy atom. The Labute approximate surface area is 89.1 Å². The minimum absolute atomic E-state index is 0.793. The molecule has 0 aliphatic heterocycles. The van der Waals surface area contributed by atoms with E-state index in [0.29, 0.717) is 0 Å². The number of rotatable bonds is 4. The van der Waals surface area contributed by atoms with Gasteiger partial charge in [0.1, 0.15) is 0 Å². The number of nitrogens with zero attached hydrogens (tertiary/aromatic N) is 1. The summed E-state index contributed by atoms with van der Waals surface area (Å²) in [4.78, 5) is 5.49. The highest BCUT2D eigenvalue weighted by atomic mass is 32.1. The average Bonchev–Trinajstić information content (AvgIpc) is 2.88. The van der Waals surface area contributed by atoms with E-state index in [0.717, 1.165) is 17.6 Å². The van der Waals surface area contributed by atoms with Gasteiger partial charge in [0.15, 0.2) is 0 Å². The molecule has 14 heavy (non-hydrogen) atoms. The maximum absolute atomic E-state index is 4.23. The zero-order chi connectivity index (χ0) is 9.97. The van der Waals surface area contributed by atoms with Crippen molar-refractivity contribution in [3.8, 4) is 0 Å². The Morgan fingerprint density at radius 3 is 3.07 bits per heavy atom. The van der Waals surface area contributed by atoms with Crippen molar-refractivity contribution in [2.75, 3.05) is 6.54 Å². The third kappa shape index (κ3) is 2.93. The van der Waals surface area contributed by atoms with Crippen LogP contribution in [0.1, 0.15) is 29.7 Å². The molecule has 0 bridgehead atoms. The smallest absolute Gasteiger partial charge is 0.0900 e. The molecule has 0 atom stereocenters. The molecule has 76 valence electrons. The lowest BCUT2D eigenvalue weighted by Crippen LogP contribution is -2.18. The predicted octanol–water partition coefficient (Wildman–Crippen LogP) is 2.61. The van der Waals surface area contributed by atoms with Crippen LogP contribution in [-0.2, 0) is 0 Å². The number of aromatic nitrogens is 1. The van der Waals surface area contributed by atoms with Crippen LogP contribution in [0.25, 0.3) is 6.08 Å². The summed E-state index contributed by atoms with van der Waals surface area (Å²) in [6.45, 7) is 5.23. The van der Waals surface area contributed by atoms with Crippen LogP contribution in [0.5, 0.6) is 0 Å². The molecule has 0 spiro atoms. The second kappa shape index (κ2) is 4.24. The average molecular weight is 208 g/mol. The van der Waals surface area contributed by atoms with E-state index >= 15 is 0 Å². The number of nitrogens with one attached hydrogen (secondary N) is 1. The van der Waals surface area contributed by atoms with Crippen molar-refractivity contribution >= 4 is 17.4 Å². The van der Waals surface area contributed by atoms with E-state index in [4.69, 9.17) is 0 Å². The topological polar surface area (TPSA) is 24.9 Å². The lowest BCUT2D eigenvalue weighted by Gasteiger charge is -2.01. The summed E-state index contributed by atoms with van der Waals surface area (Å²) in [6, 6.07) is 0.793. The summed E-state index contributed by atoms with van der Waals surface area (Å²) in [7, 11) is 0. The molecule has 1 saturated carbocycles. The van der Waals surface area contributed by atoms with Crippen molar-refractivity contribution in [3.63, 3.8) is 0 Å². The van der Waals surface area contributed by atoms with Gasteiger partial charge in [-0.05, 0) is 32.8 Å². The normalized spacial score (nSPS) is 17.4. The van der Waals surface area contributed by atoms with Gasteiger partial charge in [0.2, 0.25) is 0 Å². The Hall–Kier alpha value is -0.670. The third-order valence-corrected chi connectivity index (χ3v) is 3.13. The Kier molecular flexibility index (Phi) is 2.99. The van der Waals surface area contributed by atoms with Crippen molar-refractivity contribution < 1.29 is 0 Å². The maximum Gasteiger partial charge on any atom is 0.0900 e. The summed E-state index contributed by atoms with van der Waals surface area (Å²) >= 11 is 1.75. The summed E-state index contributed by atoms with van der Waals surface area (Å²) in [5.41, 5.74) is 1.39. The molecule has 1 N–H and O–H groups in total. The Bertz CT molecular complexity index is 337. The van der Waals surface area contributed by atoms with Gasteiger partial charge in [-0.15, -0.1) is 11.3 Å². The molecule has 1 aliphatic rings. The minimum atomic E-state index is 0.793. The fraction of sp³-hybridized carbons (Fsp3) is 0.545. The molecule has 1 aromatic rings. The molecule has 1 heterocycles. The highest BCUT2D eigenvalue weighted by Crippen LogP contribution is 2.19. The van der Waals surface area contributed by atoms with Gasteiger partial charge in [-0.1, -0.05) is 5.57 Å². The molecular formula is C11H16N2S. The van der Waals surface area contributed by atoms with Crippen molar-refractivity contribution in [3.05, 3.63) is 21.7 Å². The van der Waals surface area contributed by atoms with Crippen molar-refractivity contribution in [1.82, 2.24) is 10.3 Å². The summed E-state index contributed by atoms with van der Waals surface area (Å²) in [5, 5.41) is 4.64. The van der Waals surface area contributed by atoms with Gasteiger partial charge < -0.3 is 5.32 Å². The first-order valence-electron chi connectivity index (χ1n) is 5.07. The molecule has 0 saturated heterocycles. The van der Waals surface area contributed by atoms with E-state index in [1.54, 1.807) is 11.3 Å². The van der Waals surface area contributed by atoms with Gasteiger partial charge in [-0.3, -0.25) is 0 Å². The largest absolute Gasteiger partial charge is 0.310 e. The standard InChI is InChI=1S/C11H16N2S/c1-8(6-13-10-3-4-10)5-11-7-12-9(2)14-11/h5,7,10,13H,3-4,6H2,1-2H3. The third-order valence-electron chi connectivity index (χ3n) is 2.27. The van der Waals surface area contributed by atoms with Gasteiger partial charge in [0, 0.05) is 23.7 Å². The van der Waals surface area contributed by atoms with Crippen LogP contribution in [0.15, 0.2) is 11.8 Å². The monoisotopic (exact) mass is 208 g/mol. The molecule has 1 fully saturated rings. The van der Waals surface area contributed by atoms with Crippen LogP contribution in [-0.4, -0.2) is 17.6 Å². The quantitative estimate of drug-likeness (QED) is 0.822. The van der Waals surface area contributed by atoms with E-state index in [2.05, 4.69) is 23.3 Å². The van der Waals surface area contributed by atoms with E-state index in [-0.39, 0.29) is 0 Å². The summed E-state index contributed by atoms with van der Waals surface area (Å²) in [5.74, 6) is 0. The van der Waals surface area contributed by atoms with E-state index in [1.165, 1.54) is 23.3 Å². The minimum Gasteiger partial charge on any atom is -0.310 e. The molecule has 3 heteroatoms. The molecule has 0 aromatic carbocycles. The molecule has 0 radical (unpaired) electrons. The number of hydrogen-bond acceptors (Lipinski definition) is 3. The fourth-order valence-electron chi connectivity index (χ4n) is 1.33. The highest BCUT2D eigenvalue weighted by molar-refractivity contribution is 7.12. The van der Waals surface area contributed by atoms with E-state index in [9.17, 15) is 0 Å². The second-order valence-electron chi connectivity index (χ2n) is 3.93. The van der Waals surface area contributed by atoms with Crippen LogP contribution in [0, 0.1) is 6.92 Å². The molecule has 0 unspecified atom stereocenters. The molecular weight excluding hydrogens is 192 g/mol. The molecule has 1 aromatic heterocycles. The zero-order valence-corrected chi connectivity index (χ0v) is 9.53. The second-order valence-corrected chi connectivity index (χ2v) is 5.19. The van der Waals surface area contributed by atoms with Gasteiger partial charge in [0.05, 0.1) is 5.01 Å². The molecule has 1 aliphatic carbocycles. The molecule has 2 nitrogen and oxygen atoms in total. The predicted molar refractivity (Wildman–Crippen MR) is 61.5 cm³/mol. The zero-order valence-electron chi connectivity index (χ0n) is 8.71. The fourth-order valence-corrected chi connectivity index (χ4v) is 2.14. The van der Waals surface area contributed by atoms with Crippen LogP contribution in [0.3, 0.4) is 0 Å². The summed E-state index contributed by atoms with van der Waals surface area (Å²) in [6.07, 6.45) is 6.88. The van der Waals surface area contributed by atoms with Crippen LogP contribution >= 0.6 is 11.3 Å². The van der Waals surface area contributed by atoms with Gasteiger partial charge in [0.25, 0.3) is 0 Å². The Balaban J connectivity index is 1.88. The van der Waals surface area contributed by atoms with Crippen LogP contribution in [0.4, 0.5) is 0 Å². The number of aryl methyl sites for hydroxylation is 1. The van der Waals surface area contributed by atoms with Crippen molar-refractivity contribution in [2.24, 2.45) is 0 Å². The highest BCUT2D eigenvalue weighted by Gasteiger charge is 2.19. The lowest BCUT2D eigenvalue weighted by molar-refractivity contribution is 0.736. The maximum atomic E-state index is 4.23. The SMILES string of the molecule is CC(=Cc1cnc(C)s1)CNC1CC1. The first kappa shape index (κ1) is 9.87. The summed E-state index contributed by atoms with van der Waals surface area (Å²) < 4.78 is 0. The van der Waals surface area contributed by atoms with E-state index in [1.807, 2.05) is 13.1 Å². The molecule has 0 amide bonds. The van der Waals surface area contributed by atoms with Crippen LogP contribution < -0.4 is 5.32 Å². The van der Waals surface area contributed by atoms with Crippen molar-refractivity contribution in [1.29, 1.82) is 0 Å². The first-order chi connectivity index (χ1) is 6.74. The van der Waals surface area contributed by atoms with Gasteiger partial charge in [-0.25, -0.2) is 4.98 Å².